The first kappa shape index (κ1) is 12.2. The molecular formula is C16H23NO. The van der Waals surface area contributed by atoms with Crippen LogP contribution in [0, 0.1) is 5.92 Å². The minimum atomic E-state index is -0.149. The molecule has 0 radical (unpaired) electrons. The van der Waals surface area contributed by atoms with Crippen molar-refractivity contribution in [2.45, 2.75) is 56.7 Å². The van der Waals surface area contributed by atoms with E-state index >= 15 is 0 Å². The lowest BCUT2D eigenvalue weighted by Crippen LogP contribution is -2.44. The first-order chi connectivity index (χ1) is 8.84. The van der Waals surface area contributed by atoms with Crippen molar-refractivity contribution in [3.8, 4) is 0 Å². The second-order valence-corrected chi connectivity index (χ2v) is 5.85. The van der Waals surface area contributed by atoms with E-state index in [1.807, 2.05) is 0 Å². The number of hydrogen-bond acceptors (Lipinski definition) is 2. The number of nitrogens with one attached hydrogen (secondary N) is 1. The predicted molar refractivity (Wildman–Crippen MR) is 73.3 cm³/mol. The second kappa shape index (κ2) is 5.41. The van der Waals surface area contributed by atoms with Gasteiger partial charge < -0.3 is 10.4 Å². The Labute approximate surface area is 109 Å². The quantitative estimate of drug-likeness (QED) is 0.854. The maximum absolute atomic E-state index is 10.1. The van der Waals surface area contributed by atoms with E-state index in [2.05, 4.69) is 35.6 Å². The van der Waals surface area contributed by atoms with Gasteiger partial charge >= 0.3 is 0 Å². The van der Waals surface area contributed by atoms with E-state index in [0.29, 0.717) is 12.1 Å². The highest BCUT2D eigenvalue weighted by Gasteiger charge is 2.35. The molecule has 3 unspecified atom stereocenters. The van der Waals surface area contributed by atoms with Crippen LogP contribution in [0.4, 0.5) is 0 Å². The van der Waals surface area contributed by atoms with E-state index in [1.54, 1.807) is 0 Å². The predicted octanol–water partition coefficient (Wildman–Crippen LogP) is 3.03. The molecule has 2 N–H and O–H groups in total. The molecule has 0 saturated heterocycles. The van der Waals surface area contributed by atoms with Gasteiger partial charge in [0.15, 0.2) is 0 Å². The Morgan fingerprint density at radius 3 is 2.39 bits per heavy atom. The summed E-state index contributed by atoms with van der Waals surface area (Å²) in [5, 5.41) is 13.8. The molecule has 98 valence electrons. The highest BCUT2D eigenvalue weighted by Crippen LogP contribution is 2.41. The summed E-state index contributed by atoms with van der Waals surface area (Å²) in [6.45, 7) is 0. The molecule has 2 aliphatic rings. The van der Waals surface area contributed by atoms with Crippen LogP contribution in [-0.4, -0.2) is 17.3 Å². The average Bonchev–Trinajstić information content (AvgIpc) is 3.23. The average molecular weight is 245 g/mol. The molecular weight excluding hydrogens is 222 g/mol. The summed E-state index contributed by atoms with van der Waals surface area (Å²) in [6, 6.07) is 11.5. The van der Waals surface area contributed by atoms with E-state index in [-0.39, 0.29) is 6.10 Å². The lowest BCUT2D eigenvalue weighted by atomic mass is 9.90. The molecule has 2 saturated carbocycles. The van der Waals surface area contributed by atoms with Crippen LogP contribution >= 0.6 is 0 Å². The number of aliphatic hydroxyl groups excluding tert-OH is 1. The summed E-state index contributed by atoms with van der Waals surface area (Å²) in [5.74, 6) is 0.779. The van der Waals surface area contributed by atoms with E-state index in [1.165, 1.54) is 31.2 Å². The lowest BCUT2D eigenvalue weighted by molar-refractivity contribution is 0.0831. The van der Waals surface area contributed by atoms with Crippen molar-refractivity contribution in [1.82, 2.24) is 5.32 Å². The van der Waals surface area contributed by atoms with Gasteiger partial charge in [-0.2, -0.15) is 0 Å². The van der Waals surface area contributed by atoms with Crippen molar-refractivity contribution in [3.05, 3.63) is 35.9 Å². The van der Waals surface area contributed by atoms with Crippen molar-refractivity contribution in [3.63, 3.8) is 0 Å². The van der Waals surface area contributed by atoms with Gasteiger partial charge in [-0.05, 0) is 37.2 Å². The number of aliphatic hydroxyl groups is 1. The van der Waals surface area contributed by atoms with Gasteiger partial charge in [-0.1, -0.05) is 43.2 Å². The molecule has 2 nitrogen and oxygen atoms in total. The molecule has 2 fully saturated rings. The molecule has 2 aliphatic carbocycles. The van der Waals surface area contributed by atoms with Crippen molar-refractivity contribution >= 4 is 0 Å². The maximum Gasteiger partial charge on any atom is 0.0693 e. The molecule has 2 heteroatoms. The van der Waals surface area contributed by atoms with E-state index in [9.17, 15) is 5.11 Å². The first-order valence-corrected chi connectivity index (χ1v) is 7.33. The fourth-order valence-corrected chi connectivity index (χ4v) is 3.13. The molecule has 0 aliphatic heterocycles. The molecule has 3 atom stereocenters. The van der Waals surface area contributed by atoms with Crippen LogP contribution in [0.1, 0.15) is 50.1 Å². The normalized spacial score (nSPS) is 30.1. The Bertz CT molecular complexity index is 374. The lowest BCUT2D eigenvalue weighted by Gasteiger charge is -2.32. The van der Waals surface area contributed by atoms with Crippen molar-refractivity contribution < 1.29 is 5.11 Å². The highest BCUT2D eigenvalue weighted by molar-refractivity contribution is 5.21. The number of hydrogen-bond donors (Lipinski definition) is 2. The maximum atomic E-state index is 10.1. The zero-order valence-corrected chi connectivity index (χ0v) is 10.9. The SMILES string of the molecule is OC1CCCCC1NC(c1ccccc1)C1CC1. The molecule has 3 rings (SSSR count). The minimum absolute atomic E-state index is 0.149. The van der Waals surface area contributed by atoms with Gasteiger partial charge in [-0.25, -0.2) is 0 Å². The van der Waals surface area contributed by atoms with E-state index in [0.717, 1.165) is 18.8 Å². The van der Waals surface area contributed by atoms with Crippen LogP contribution in [-0.2, 0) is 0 Å². The Balaban J connectivity index is 1.70. The third kappa shape index (κ3) is 2.76. The Morgan fingerprint density at radius 1 is 1.00 bits per heavy atom. The highest BCUT2D eigenvalue weighted by atomic mass is 16.3. The zero-order valence-electron chi connectivity index (χ0n) is 10.9. The van der Waals surface area contributed by atoms with Gasteiger partial charge in [0.1, 0.15) is 0 Å². The van der Waals surface area contributed by atoms with Crippen LogP contribution in [0.15, 0.2) is 30.3 Å². The van der Waals surface area contributed by atoms with Crippen molar-refractivity contribution in [1.29, 1.82) is 0 Å². The summed E-state index contributed by atoms with van der Waals surface area (Å²) in [6.07, 6.45) is 7.02. The summed E-state index contributed by atoms with van der Waals surface area (Å²) in [4.78, 5) is 0. The monoisotopic (exact) mass is 245 g/mol. The summed E-state index contributed by atoms with van der Waals surface area (Å²) in [5.41, 5.74) is 1.39. The van der Waals surface area contributed by atoms with Crippen LogP contribution in [0.3, 0.4) is 0 Å². The summed E-state index contributed by atoms with van der Waals surface area (Å²) in [7, 11) is 0. The first-order valence-electron chi connectivity index (χ1n) is 7.33. The number of benzene rings is 1. The molecule has 0 aromatic heterocycles. The molecule has 0 heterocycles. The summed E-state index contributed by atoms with van der Waals surface area (Å²) >= 11 is 0. The molecule has 0 spiro atoms. The number of rotatable bonds is 4. The smallest absolute Gasteiger partial charge is 0.0693 e. The van der Waals surface area contributed by atoms with Crippen LogP contribution in [0.2, 0.25) is 0 Å². The summed E-state index contributed by atoms with van der Waals surface area (Å²) < 4.78 is 0. The zero-order chi connectivity index (χ0) is 12.4. The van der Waals surface area contributed by atoms with Gasteiger partial charge in [0, 0.05) is 12.1 Å². The Morgan fingerprint density at radius 2 is 1.72 bits per heavy atom. The molecule has 1 aromatic rings. The topological polar surface area (TPSA) is 32.3 Å². The standard InChI is InChI=1S/C16H23NO/c18-15-9-5-4-8-14(15)17-16(13-10-11-13)12-6-2-1-3-7-12/h1-3,6-7,13-18H,4-5,8-11H2. The Kier molecular flexibility index (Phi) is 3.67. The van der Waals surface area contributed by atoms with Gasteiger partial charge in [-0.15, -0.1) is 0 Å². The largest absolute Gasteiger partial charge is 0.392 e. The van der Waals surface area contributed by atoms with Crippen LogP contribution in [0.25, 0.3) is 0 Å². The van der Waals surface area contributed by atoms with E-state index in [4.69, 9.17) is 0 Å². The van der Waals surface area contributed by atoms with Crippen molar-refractivity contribution in [2.75, 3.05) is 0 Å². The fraction of sp³-hybridized carbons (Fsp3) is 0.625. The van der Waals surface area contributed by atoms with Gasteiger partial charge in [0.2, 0.25) is 0 Å². The third-order valence-electron chi connectivity index (χ3n) is 4.38. The minimum Gasteiger partial charge on any atom is -0.392 e. The fourth-order valence-electron chi connectivity index (χ4n) is 3.13. The van der Waals surface area contributed by atoms with Gasteiger partial charge in [0.25, 0.3) is 0 Å². The van der Waals surface area contributed by atoms with Gasteiger partial charge in [0.05, 0.1) is 6.10 Å². The third-order valence-corrected chi connectivity index (χ3v) is 4.38. The van der Waals surface area contributed by atoms with Crippen LogP contribution in [0.5, 0.6) is 0 Å². The van der Waals surface area contributed by atoms with Gasteiger partial charge in [-0.3, -0.25) is 0 Å². The second-order valence-electron chi connectivity index (χ2n) is 5.85. The molecule has 0 bridgehead atoms. The van der Waals surface area contributed by atoms with E-state index < -0.39 is 0 Å². The van der Waals surface area contributed by atoms with Crippen molar-refractivity contribution in [2.24, 2.45) is 5.92 Å². The molecule has 1 aromatic carbocycles. The van der Waals surface area contributed by atoms with Crippen LogP contribution < -0.4 is 5.32 Å². The molecule has 0 amide bonds. The Hall–Kier alpha value is -0.860. The molecule has 18 heavy (non-hydrogen) atoms.